The lowest BCUT2D eigenvalue weighted by Gasteiger charge is -2.16. The predicted octanol–water partition coefficient (Wildman–Crippen LogP) is 6.74. The highest BCUT2D eigenvalue weighted by Gasteiger charge is 2.31. The molecule has 1 unspecified atom stereocenters. The van der Waals surface area contributed by atoms with Crippen molar-refractivity contribution >= 4 is 61.6 Å². The first-order valence-corrected chi connectivity index (χ1v) is 53.1. The van der Waals surface area contributed by atoms with Gasteiger partial charge in [-0.3, -0.25) is 19.6 Å². The van der Waals surface area contributed by atoms with Crippen LogP contribution in [0.25, 0.3) is 113 Å². The third-order valence-electron chi connectivity index (χ3n) is 24.1. The average Bonchev–Trinajstić information content (AvgIpc) is 1.80. The molecule has 49 heteroatoms. The number of aliphatic hydroxyl groups is 2. The second-order valence-electron chi connectivity index (χ2n) is 34.1. The number of primary sulfonamides is 5. The number of likely N-dealkylation sites (tertiary alicyclic amines) is 2. The molecular weight excluding hydrogens is 1930 g/mol. The Morgan fingerprint density at radius 2 is 0.671 bits per heavy atom. The molecule has 1 saturated carbocycles. The van der Waals surface area contributed by atoms with Gasteiger partial charge in [0.05, 0.1) is 64.9 Å². The van der Waals surface area contributed by atoms with Crippen LogP contribution in [0.4, 0.5) is 0 Å². The number of sulfonamides is 5. The number of hydrogen-bond acceptors (Lipinski definition) is 34. The van der Waals surface area contributed by atoms with Gasteiger partial charge in [-0.25, -0.2) is 67.8 Å². The third-order valence-corrected chi connectivity index (χ3v) is 28.9. The monoisotopic (exact) mass is 2040 g/mol. The van der Waals surface area contributed by atoms with E-state index in [9.17, 15) is 57.1 Å². The van der Waals surface area contributed by atoms with E-state index in [1.54, 1.807) is 36.4 Å². The Hall–Kier alpha value is -14.1. The number of nitrogens with two attached hydrogens (primary N) is 5. The fourth-order valence-electron chi connectivity index (χ4n) is 17.2. The number of aromatic amines is 5. The molecule has 3 fully saturated rings. The van der Waals surface area contributed by atoms with Gasteiger partial charge in [0, 0.05) is 84.1 Å². The molecule has 0 spiro atoms. The minimum atomic E-state index is -3.99. The number of nitrogens with zero attached hydrogens (tertiary/aromatic N) is 18. The summed E-state index contributed by atoms with van der Waals surface area (Å²) >= 11 is 0. The van der Waals surface area contributed by atoms with Gasteiger partial charge in [0.1, 0.15) is 5.78 Å². The van der Waals surface area contributed by atoms with Gasteiger partial charge in [-0.2, -0.15) is 26.1 Å². The first kappa shape index (κ1) is 103. The molecule has 744 valence electrons. The van der Waals surface area contributed by atoms with Crippen LogP contribution in [0.5, 0.6) is 0 Å². The van der Waals surface area contributed by atoms with E-state index in [1.807, 2.05) is 146 Å². The summed E-state index contributed by atoms with van der Waals surface area (Å²) in [6.45, 7) is 12.7. The molecule has 4 aliphatic rings. The number of ketones is 1. The quantitative estimate of drug-likeness (QED) is 0.0189. The number of nitrogens with one attached hydrogen (secondary N) is 8. The van der Waals surface area contributed by atoms with Gasteiger partial charge in [-0.05, 0) is 210 Å². The standard InChI is InChI=1S/C20H21N7O2S.C19H20N6O3S.2C19H22N6O3S.C17H20N6O2S/c21-30(28,29)18-5-1-4-17(19(18)20-24-26-27-25-20)15-8-6-14(7-9-15)13-22-12-10-16-3-2-11-23-16;20-29(27,28)17-6-1-3-14(18(17)19-22-24-25-23-19)13-9-7-12(8-10-13)11-21-15-4-2-5-16(15)26;2*20-29(27,28)17-3-1-2-16(18(17)19-21-23-24-22-19)15-6-4-13(5-7-15)10-25-9-8-14(11-25)12-26;1-2-10-19-11-12-6-8-13(9-7-12)14-4-3-5-15(26(18,24)25)16(14)17-20-22-23-21-17/h1-9,22H,10-13H2,(H2,21,28,29)(H,24,25,26,27);1,3,6-10,15,21H,2,4-5,11H2,(H2,20,27,28)(H,22,23,24,25);2*1-7,14,26H,8-12H2,(H2,20,27,28)(H,21,22,23,24);3-9,19H,2,10-11H2,1H3,(H2,18,24,25)(H,20,21,22,23)/t;;2*14-;/m..10./s1. The zero-order valence-electron chi connectivity index (χ0n) is 77.3. The van der Waals surface area contributed by atoms with Crippen LogP contribution in [-0.4, -0.2) is 242 Å². The van der Waals surface area contributed by atoms with Crippen molar-refractivity contribution in [1.82, 2.24) is 129 Å². The van der Waals surface area contributed by atoms with E-state index >= 15 is 0 Å². The number of tetrazole rings is 5. The van der Waals surface area contributed by atoms with Gasteiger partial charge in [0.15, 0.2) is 0 Å². The lowest BCUT2D eigenvalue weighted by Crippen LogP contribution is -2.31. The van der Waals surface area contributed by atoms with Gasteiger partial charge in [-0.15, -0.1) is 51.0 Å². The Bertz CT molecular complexity index is 7340. The third kappa shape index (κ3) is 26.8. The Morgan fingerprint density at radius 3 is 0.916 bits per heavy atom. The van der Waals surface area contributed by atoms with E-state index in [-0.39, 0.29) is 78.6 Å². The summed E-state index contributed by atoms with van der Waals surface area (Å²) in [7, 11) is -19.8. The number of aliphatic imine (C=N–C) groups is 1. The van der Waals surface area contributed by atoms with Crippen molar-refractivity contribution in [2.75, 3.05) is 59.0 Å². The number of rotatable bonds is 33. The fourth-order valence-corrected chi connectivity index (χ4v) is 20.9. The first-order valence-electron chi connectivity index (χ1n) is 45.4. The Labute approximate surface area is 823 Å². The number of Topliss-reactive ketones (excluding diaryl/α,β-unsaturated/α-hetero) is 1. The van der Waals surface area contributed by atoms with Gasteiger partial charge >= 0.3 is 0 Å². The minimum Gasteiger partial charge on any atom is -0.396 e. The lowest BCUT2D eigenvalue weighted by molar-refractivity contribution is -0.119. The number of H-pyrrole nitrogens is 5. The molecule has 1 aliphatic carbocycles. The molecule has 15 aromatic rings. The summed E-state index contributed by atoms with van der Waals surface area (Å²) in [6.07, 6.45) is 10.6. The predicted molar refractivity (Wildman–Crippen MR) is 532 cm³/mol. The fraction of sp³-hybridized carbons (Fsp3) is 0.266. The largest absolute Gasteiger partial charge is 0.396 e. The maximum Gasteiger partial charge on any atom is 0.238 e. The second kappa shape index (κ2) is 47.2. The Morgan fingerprint density at radius 1 is 0.378 bits per heavy atom. The van der Waals surface area contributed by atoms with Crippen molar-refractivity contribution in [3.8, 4) is 113 Å². The molecule has 44 nitrogen and oxygen atoms in total. The molecule has 3 atom stereocenters. The number of allylic oxidation sites excluding steroid dienone is 1. The highest BCUT2D eigenvalue weighted by molar-refractivity contribution is 7.90. The van der Waals surface area contributed by atoms with Crippen LogP contribution in [0.15, 0.2) is 254 Å². The zero-order chi connectivity index (χ0) is 101. The second-order valence-corrected chi connectivity index (χ2v) is 41.7. The van der Waals surface area contributed by atoms with Crippen LogP contribution in [0.1, 0.15) is 79.7 Å². The number of hydrogen-bond donors (Lipinski definition) is 15. The van der Waals surface area contributed by atoms with Gasteiger partial charge in [0.25, 0.3) is 0 Å². The van der Waals surface area contributed by atoms with Gasteiger partial charge in [0.2, 0.25) is 79.2 Å². The average molecular weight is 2040 g/mol. The summed E-state index contributed by atoms with van der Waals surface area (Å²) in [5.41, 5.74) is 15.7. The molecule has 8 heterocycles. The smallest absolute Gasteiger partial charge is 0.238 e. The number of benzene rings is 10. The summed E-state index contributed by atoms with van der Waals surface area (Å²) in [5, 5.41) is 125. The van der Waals surface area contributed by atoms with Gasteiger partial charge < -0.3 is 26.2 Å². The molecule has 5 aromatic heterocycles. The molecular formula is C94H105N31O13S5. The van der Waals surface area contributed by atoms with Crippen LogP contribution < -0.4 is 41.6 Å². The zero-order valence-corrected chi connectivity index (χ0v) is 81.4. The van der Waals surface area contributed by atoms with Crippen LogP contribution in [0.2, 0.25) is 0 Å². The SMILES string of the molecule is CCCNCc1ccc(-c2cccc(S(N)(=O)=O)c2-c2nn[nH]n2)cc1.NS(=O)(=O)c1cccc(-c2ccc(CN3CC[C@@H](CO)C3)cc2)c1-c1nn[nH]n1.NS(=O)(=O)c1cccc(-c2ccc(CN3CC[C@H](CO)C3)cc2)c1-c1nn[nH]n1.NS(=O)(=O)c1cccc(-c2ccc(CNC3CCCC3=O)cc2)c1-c1nn[nH]n1.NS(=O)(=O)c1cccc(-c2ccc(CNCCC3=NCC=C3)cc2)c1-c1nn[nH]n1. The number of carbonyl (C=O) groups excluding carboxylic acids is 1. The molecule has 19 rings (SSSR count). The van der Waals surface area contributed by atoms with E-state index < -0.39 is 50.1 Å². The summed E-state index contributed by atoms with van der Waals surface area (Å²) in [4.78, 5) is 20.5. The molecule has 0 radical (unpaired) electrons. The van der Waals surface area contributed by atoms with E-state index in [4.69, 9.17) is 25.7 Å². The van der Waals surface area contributed by atoms with Crippen LogP contribution in [0, 0.1) is 11.8 Å². The Balaban J connectivity index is 0.000000135. The molecule has 10 aromatic carbocycles. The Kier molecular flexibility index (Phi) is 34.1. The highest BCUT2D eigenvalue weighted by atomic mass is 32.2. The molecule has 143 heavy (non-hydrogen) atoms. The molecule has 3 aliphatic heterocycles. The maximum atomic E-state index is 12.1. The van der Waals surface area contributed by atoms with Crippen LogP contribution >= 0.6 is 0 Å². The van der Waals surface area contributed by atoms with E-state index in [1.165, 1.54) is 30.3 Å². The van der Waals surface area contributed by atoms with Crippen LogP contribution in [-0.2, 0) is 87.6 Å². The number of carbonyl (C=O) groups is 1. The molecule has 20 N–H and O–H groups in total. The highest BCUT2D eigenvalue weighted by Crippen LogP contribution is 2.42. The molecule has 2 saturated heterocycles. The molecule has 0 amide bonds. The van der Waals surface area contributed by atoms with Crippen LogP contribution in [0.3, 0.4) is 0 Å². The lowest BCUT2D eigenvalue weighted by atomic mass is 9.98. The van der Waals surface area contributed by atoms with Crippen molar-refractivity contribution in [1.29, 1.82) is 0 Å². The van der Waals surface area contributed by atoms with E-state index in [0.717, 1.165) is 172 Å². The van der Waals surface area contributed by atoms with Crippen molar-refractivity contribution in [2.24, 2.45) is 42.5 Å². The minimum absolute atomic E-state index is 0.0370. The number of aliphatic hydroxyl groups excluding tert-OH is 2. The summed E-state index contributed by atoms with van der Waals surface area (Å²) < 4.78 is 121. The van der Waals surface area contributed by atoms with Crippen molar-refractivity contribution < 1.29 is 57.1 Å². The van der Waals surface area contributed by atoms with E-state index in [2.05, 4.69) is 153 Å². The van der Waals surface area contributed by atoms with Crippen molar-refractivity contribution in [3.63, 3.8) is 0 Å². The normalized spacial score (nSPS) is 15.6. The summed E-state index contributed by atoms with van der Waals surface area (Å²) in [5.74, 6) is 1.81. The van der Waals surface area contributed by atoms with Crippen molar-refractivity contribution in [3.05, 3.63) is 252 Å². The maximum absolute atomic E-state index is 12.1. The van der Waals surface area contributed by atoms with E-state index in [0.29, 0.717) is 80.4 Å². The van der Waals surface area contributed by atoms with Crippen molar-refractivity contribution in [2.45, 2.75) is 115 Å². The topological polar surface area (TPSA) is 686 Å². The first-order chi connectivity index (χ1) is 68.9. The molecule has 0 bridgehead atoms. The van der Waals surface area contributed by atoms with Gasteiger partial charge in [-0.1, -0.05) is 195 Å². The number of aromatic nitrogens is 20. The summed E-state index contributed by atoms with van der Waals surface area (Å²) in [6, 6.07) is 63.6.